The number of sulfonamides is 1. The fraction of sp³-hybridized carbons (Fsp3) is 0.444. The van der Waals surface area contributed by atoms with E-state index in [1.165, 1.54) is 19.2 Å². The van der Waals surface area contributed by atoms with Crippen molar-refractivity contribution in [3.63, 3.8) is 0 Å². The molecule has 2 aliphatic rings. The maximum atomic E-state index is 13.2. The molecule has 0 aromatic heterocycles. The number of hydrogen-bond acceptors (Lipinski definition) is 8. The number of aliphatic hydroxyl groups excluding tert-OH is 1. The van der Waals surface area contributed by atoms with Gasteiger partial charge in [-0.15, -0.1) is 0 Å². The third-order valence-electron chi connectivity index (χ3n) is 6.43. The average Bonchev–Trinajstić information content (AvgIpc) is 3.76. The predicted molar refractivity (Wildman–Crippen MR) is 139 cm³/mol. The first-order valence-corrected chi connectivity index (χ1v) is 14.0. The van der Waals surface area contributed by atoms with Crippen molar-refractivity contribution in [1.82, 2.24) is 9.62 Å². The van der Waals surface area contributed by atoms with Crippen molar-refractivity contribution in [3.05, 3.63) is 65.9 Å². The molecule has 1 aliphatic heterocycles. The third-order valence-corrected chi connectivity index (χ3v) is 8.34. The number of carbonyl (C=O) groups is 1. The smallest absolute Gasteiger partial charge is 0.286 e. The topological polar surface area (TPSA) is 124 Å². The number of aliphatic hydroxyl groups is 1. The van der Waals surface area contributed by atoms with Gasteiger partial charge < -0.3 is 29.4 Å². The van der Waals surface area contributed by atoms with E-state index in [-0.39, 0.29) is 54.8 Å². The minimum atomic E-state index is -3.87. The molecular weight excluding hydrogens is 512 g/mol. The molecule has 206 valence electrons. The highest BCUT2D eigenvalue weighted by Gasteiger charge is 2.32. The lowest BCUT2D eigenvalue weighted by molar-refractivity contribution is -0.146. The first-order valence-electron chi connectivity index (χ1n) is 12.5. The molecule has 1 aliphatic carbocycles. The number of allylic oxidation sites excluding steroid dienone is 1. The van der Waals surface area contributed by atoms with Crippen LogP contribution in [0.15, 0.2) is 65.3 Å². The Morgan fingerprint density at radius 3 is 2.24 bits per heavy atom. The number of nitrogens with zero attached hydrogens (tertiary/aromatic N) is 1. The molecule has 1 fully saturated rings. The molecule has 1 heterocycles. The molecule has 2 aromatic rings. The summed E-state index contributed by atoms with van der Waals surface area (Å²) < 4.78 is 49.7. The molecule has 0 unspecified atom stereocenters. The van der Waals surface area contributed by atoms with Crippen molar-refractivity contribution in [1.29, 1.82) is 0 Å². The second-order valence-electron chi connectivity index (χ2n) is 9.12. The van der Waals surface area contributed by atoms with Crippen LogP contribution < -0.4 is 14.8 Å². The van der Waals surface area contributed by atoms with Gasteiger partial charge in [0.25, 0.3) is 5.91 Å². The van der Waals surface area contributed by atoms with Crippen LogP contribution in [0.3, 0.4) is 0 Å². The van der Waals surface area contributed by atoms with E-state index >= 15 is 0 Å². The minimum Gasteiger partial charge on any atom is -0.497 e. The van der Waals surface area contributed by atoms with Crippen LogP contribution in [0.4, 0.5) is 0 Å². The fourth-order valence-corrected chi connectivity index (χ4v) is 5.55. The number of ether oxygens (including phenoxy) is 4. The molecule has 1 amide bonds. The minimum absolute atomic E-state index is 0.00466. The number of carbonyl (C=O) groups excluding carboxylic acids is 1. The summed E-state index contributed by atoms with van der Waals surface area (Å²) in [5.41, 5.74) is 0.975. The molecule has 0 bridgehead atoms. The third kappa shape index (κ3) is 7.04. The Labute approximate surface area is 223 Å². The molecule has 0 radical (unpaired) electrons. The second-order valence-corrected chi connectivity index (χ2v) is 11.1. The van der Waals surface area contributed by atoms with Crippen molar-refractivity contribution in [2.45, 2.75) is 42.4 Å². The van der Waals surface area contributed by atoms with E-state index in [4.69, 9.17) is 18.9 Å². The van der Waals surface area contributed by atoms with Gasteiger partial charge in [0, 0.05) is 31.5 Å². The molecule has 11 heteroatoms. The summed E-state index contributed by atoms with van der Waals surface area (Å²) in [7, 11) is -0.771. The van der Waals surface area contributed by atoms with Crippen LogP contribution >= 0.6 is 0 Å². The summed E-state index contributed by atoms with van der Waals surface area (Å²) in [6, 6.07) is 13.8. The lowest BCUT2D eigenvalue weighted by Crippen LogP contribution is -2.38. The average molecular weight is 547 g/mol. The Balaban J connectivity index is 1.44. The van der Waals surface area contributed by atoms with Gasteiger partial charge in [-0.2, -0.15) is 4.31 Å². The van der Waals surface area contributed by atoms with E-state index < -0.39 is 16.3 Å². The Bertz CT molecular complexity index is 1210. The van der Waals surface area contributed by atoms with Crippen LogP contribution in [0, 0.1) is 0 Å². The molecule has 10 nitrogen and oxygen atoms in total. The zero-order chi connectivity index (χ0) is 27.1. The number of rotatable bonds is 13. The van der Waals surface area contributed by atoms with E-state index in [1.807, 2.05) is 24.3 Å². The van der Waals surface area contributed by atoms with Crippen LogP contribution in [0.1, 0.15) is 30.7 Å². The van der Waals surface area contributed by atoms with E-state index in [1.54, 1.807) is 25.3 Å². The highest BCUT2D eigenvalue weighted by atomic mass is 32.2. The maximum Gasteiger partial charge on any atom is 0.286 e. The largest absolute Gasteiger partial charge is 0.497 e. The van der Waals surface area contributed by atoms with Gasteiger partial charge in [0.05, 0.1) is 32.3 Å². The highest BCUT2D eigenvalue weighted by molar-refractivity contribution is 7.89. The van der Waals surface area contributed by atoms with Crippen molar-refractivity contribution in [2.75, 3.05) is 40.5 Å². The van der Waals surface area contributed by atoms with Crippen molar-refractivity contribution in [3.8, 4) is 11.5 Å². The summed E-state index contributed by atoms with van der Waals surface area (Å²) in [6.45, 7) is -0.433. The summed E-state index contributed by atoms with van der Waals surface area (Å²) in [5, 5.41) is 12.4. The standard InChI is InChI=1S/C27H34N2O8S/c1-34-22-7-3-19(4-8-22)20-17-25(27(31)28-21-5-6-21)37-26(18-20)36-16-14-29(13-15-30)38(32,33)24-11-9-23(35-2)10-12-24/h3-4,7-12,17,20-21,26,30H,5-6,13-16,18H2,1-2H3,(H,28,31)/t20-,26+/m1/s1. The lowest BCUT2D eigenvalue weighted by Gasteiger charge is -2.30. The molecule has 2 N–H and O–H groups in total. The molecule has 38 heavy (non-hydrogen) atoms. The zero-order valence-electron chi connectivity index (χ0n) is 21.5. The van der Waals surface area contributed by atoms with Crippen LogP contribution in [0.2, 0.25) is 0 Å². The van der Waals surface area contributed by atoms with Crippen molar-refractivity contribution < 1.29 is 37.3 Å². The molecule has 0 saturated heterocycles. The Morgan fingerprint density at radius 2 is 1.66 bits per heavy atom. The highest BCUT2D eigenvalue weighted by Crippen LogP contribution is 2.33. The number of methoxy groups -OCH3 is 2. The summed E-state index contributed by atoms with van der Waals surface area (Å²) in [6.07, 6.45) is 3.38. The van der Waals surface area contributed by atoms with Crippen molar-refractivity contribution in [2.24, 2.45) is 0 Å². The Morgan fingerprint density at radius 1 is 1.03 bits per heavy atom. The zero-order valence-corrected chi connectivity index (χ0v) is 22.4. The van der Waals surface area contributed by atoms with E-state index in [0.29, 0.717) is 12.2 Å². The molecule has 0 spiro atoms. The van der Waals surface area contributed by atoms with Crippen LogP contribution in [-0.4, -0.2) is 76.6 Å². The Kier molecular flexibility index (Phi) is 9.26. The van der Waals surface area contributed by atoms with Gasteiger partial charge >= 0.3 is 0 Å². The number of nitrogens with one attached hydrogen (secondary N) is 1. The van der Waals surface area contributed by atoms with E-state index in [9.17, 15) is 18.3 Å². The molecule has 2 aromatic carbocycles. The second kappa shape index (κ2) is 12.6. The van der Waals surface area contributed by atoms with Gasteiger partial charge in [0.2, 0.25) is 16.3 Å². The number of amides is 1. The van der Waals surface area contributed by atoms with E-state index in [2.05, 4.69) is 5.32 Å². The van der Waals surface area contributed by atoms with Gasteiger partial charge in [0.1, 0.15) is 11.5 Å². The SMILES string of the molecule is COc1ccc([C@@H]2C=C(C(=O)NC3CC3)O[C@H](OCCN(CCO)S(=O)(=O)c3ccc(OC)cc3)C2)cc1. The van der Waals surface area contributed by atoms with Crippen LogP contribution in [-0.2, 0) is 24.3 Å². The predicted octanol–water partition coefficient (Wildman–Crippen LogP) is 2.40. The summed E-state index contributed by atoms with van der Waals surface area (Å²) in [4.78, 5) is 12.9. The van der Waals surface area contributed by atoms with Gasteiger partial charge in [-0.1, -0.05) is 12.1 Å². The molecule has 2 atom stereocenters. The van der Waals surface area contributed by atoms with Crippen molar-refractivity contribution >= 4 is 15.9 Å². The molecular formula is C27H34N2O8S. The maximum absolute atomic E-state index is 13.2. The van der Waals surface area contributed by atoms with E-state index in [0.717, 1.165) is 28.5 Å². The van der Waals surface area contributed by atoms with Gasteiger partial charge in [-0.25, -0.2) is 8.42 Å². The van der Waals surface area contributed by atoms with Crippen LogP contribution in [0.5, 0.6) is 11.5 Å². The summed E-state index contributed by atoms with van der Waals surface area (Å²) >= 11 is 0. The fourth-order valence-electron chi connectivity index (χ4n) is 4.13. The van der Waals surface area contributed by atoms with Gasteiger partial charge in [-0.3, -0.25) is 4.79 Å². The number of hydrogen-bond donors (Lipinski definition) is 2. The first kappa shape index (κ1) is 27.9. The van der Waals surface area contributed by atoms with Gasteiger partial charge in [0.15, 0.2) is 5.76 Å². The normalized spacial score (nSPS) is 19.4. The Hall–Kier alpha value is -3.12. The number of benzene rings is 2. The summed E-state index contributed by atoms with van der Waals surface area (Å²) in [5.74, 6) is 1.02. The molecule has 1 saturated carbocycles. The van der Waals surface area contributed by atoms with Crippen LogP contribution in [0.25, 0.3) is 0 Å². The van der Waals surface area contributed by atoms with Gasteiger partial charge in [-0.05, 0) is 60.9 Å². The monoisotopic (exact) mass is 546 g/mol. The first-order chi connectivity index (χ1) is 18.3. The molecule has 4 rings (SSSR count). The quantitative estimate of drug-likeness (QED) is 0.393. The lowest BCUT2D eigenvalue weighted by atomic mass is 9.93.